The molecule has 0 bridgehead atoms. The van der Waals surface area contributed by atoms with E-state index in [1.165, 1.54) is 0 Å². The number of rotatable bonds is 5. The van der Waals surface area contributed by atoms with Crippen LogP contribution in [-0.4, -0.2) is 25.0 Å². The molecule has 2 atom stereocenters. The van der Waals surface area contributed by atoms with Crippen LogP contribution in [0.4, 0.5) is 0 Å². The number of Topliss-reactive ketones (excluding diaryl/α,β-unsaturated/α-hetero) is 1. The number of benzene rings is 2. The maximum Gasteiger partial charge on any atom is 0.325 e. The Hall–Kier alpha value is -2.62. The lowest BCUT2D eigenvalue weighted by Crippen LogP contribution is -2.42. The van der Waals surface area contributed by atoms with Crippen molar-refractivity contribution in [2.24, 2.45) is 5.92 Å². The second-order valence-corrected chi connectivity index (χ2v) is 6.73. The first-order valence-corrected chi connectivity index (χ1v) is 8.43. The van der Waals surface area contributed by atoms with Crippen LogP contribution >= 0.6 is 0 Å². The van der Waals surface area contributed by atoms with Gasteiger partial charge in [0.15, 0.2) is 17.3 Å². The second kappa shape index (κ2) is 6.71. The number of esters is 1. The maximum absolute atomic E-state index is 13.3. The van der Waals surface area contributed by atoms with E-state index in [0.717, 1.165) is 5.56 Å². The van der Waals surface area contributed by atoms with Gasteiger partial charge in [-0.2, -0.15) is 0 Å². The highest BCUT2D eigenvalue weighted by atomic mass is 16.6. The minimum atomic E-state index is -1.30. The third-order valence-electron chi connectivity index (χ3n) is 4.76. The lowest BCUT2D eigenvalue weighted by Gasteiger charge is -2.24. The first-order chi connectivity index (χ1) is 12.0. The fraction of sp³-hybridized carbons (Fsp3) is 0.333. The quantitative estimate of drug-likeness (QED) is 0.620. The Labute approximate surface area is 147 Å². The van der Waals surface area contributed by atoms with Gasteiger partial charge in [0.25, 0.3) is 0 Å². The Morgan fingerprint density at radius 1 is 1.04 bits per heavy atom. The van der Waals surface area contributed by atoms with Gasteiger partial charge in [-0.25, -0.2) is 0 Å². The highest BCUT2D eigenvalue weighted by Crippen LogP contribution is 2.40. The molecule has 0 N–H and O–H groups in total. The van der Waals surface area contributed by atoms with Crippen LogP contribution in [0.15, 0.2) is 54.6 Å². The van der Waals surface area contributed by atoms with E-state index in [1.54, 1.807) is 31.4 Å². The van der Waals surface area contributed by atoms with E-state index in [-0.39, 0.29) is 11.7 Å². The van der Waals surface area contributed by atoms with Crippen LogP contribution in [0.3, 0.4) is 0 Å². The molecule has 2 aromatic rings. The van der Waals surface area contributed by atoms with E-state index in [9.17, 15) is 9.59 Å². The first-order valence-electron chi connectivity index (χ1n) is 8.43. The summed E-state index contributed by atoms with van der Waals surface area (Å²) in [4.78, 5) is 26.2. The SMILES string of the molecule is COc1ccc([C@@]2(Cc3ccccc3)C(=O)O[C@@H](C(C)C)C2=O)cc1. The Balaban J connectivity index is 2.11. The maximum atomic E-state index is 13.3. The number of cyclic esters (lactones) is 1. The van der Waals surface area contributed by atoms with E-state index in [2.05, 4.69) is 0 Å². The van der Waals surface area contributed by atoms with Crippen molar-refractivity contribution >= 4 is 11.8 Å². The molecule has 0 aromatic heterocycles. The molecule has 4 nitrogen and oxygen atoms in total. The highest BCUT2D eigenvalue weighted by Gasteiger charge is 2.58. The van der Waals surface area contributed by atoms with Crippen molar-refractivity contribution in [2.75, 3.05) is 7.11 Å². The van der Waals surface area contributed by atoms with Crippen LogP contribution in [0.1, 0.15) is 25.0 Å². The first kappa shape index (κ1) is 17.2. The summed E-state index contributed by atoms with van der Waals surface area (Å²) in [5, 5.41) is 0. The van der Waals surface area contributed by atoms with Crippen molar-refractivity contribution in [3.8, 4) is 5.75 Å². The van der Waals surface area contributed by atoms with E-state index in [0.29, 0.717) is 17.7 Å². The Morgan fingerprint density at radius 2 is 1.68 bits per heavy atom. The third-order valence-corrected chi connectivity index (χ3v) is 4.76. The molecular weight excluding hydrogens is 316 g/mol. The van der Waals surface area contributed by atoms with Crippen molar-refractivity contribution < 1.29 is 19.1 Å². The van der Waals surface area contributed by atoms with E-state index >= 15 is 0 Å². The average Bonchev–Trinajstić information content (AvgIpc) is 2.88. The van der Waals surface area contributed by atoms with Gasteiger partial charge in [-0.05, 0) is 35.6 Å². The summed E-state index contributed by atoms with van der Waals surface area (Å²) in [5.41, 5.74) is 0.270. The number of hydrogen-bond acceptors (Lipinski definition) is 4. The zero-order valence-electron chi connectivity index (χ0n) is 14.7. The molecule has 0 amide bonds. The topological polar surface area (TPSA) is 52.6 Å². The van der Waals surface area contributed by atoms with Crippen LogP contribution < -0.4 is 4.74 Å². The molecule has 0 unspecified atom stereocenters. The molecule has 1 aliphatic heterocycles. The molecule has 0 saturated carbocycles. The van der Waals surface area contributed by atoms with Crippen LogP contribution in [0.25, 0.3) is 0 Å². The van der Waals surface area contributed by atoms with E-state index < -0.39 is 17.5 Å². The van der Waals surface area contributed by atoms with Crippen LogP contribution in [-0.2, 0) is 26.2 Å². The van der Waals surface area contributed by atoms with Gasteiger partial charge in [-0.15, -0.1) is 0 Å². The molecule has 2 aromatic carbocycles. The summed E-state index contributed by atoms with van der Waals surface area (Å²) in [7, 11) is 1.58. The zero-order chi connectivity index (χ0) is 18.0. The number of ketones is 1. The van der Waals surface area contributed by atoms with Gasteiger partial charge in [0.1, 0.15) is 5.75 Å². The predicted molar refractivity (Wildman–Crippen MR) is 94.5 cm³/mol. The Morgan fingerprint density at radius 3 is 2.20 bits per heavy atom. The van der Waals surface area contributed by atoms with Crippen LogP contribution in [0, 0.1) is 5.92 Å². The summed E-state index contributed by atoms with van der Waals surface area (Å²) in [6.45, 7) is 3.78. The molecule has 0 spiro atoms. The number of methoxy groups -OCH3 is 1. The van der Waals surface area contributed by atoms with Gasteiger partial charge in [-0.1, -0.05) is 56.3 Å². The van der Waals surface area contributed by atoms with Gasteiger partial charge in [0, 0.05) is 0 Å². The van der Waals surface area contributed by atoms with Crippen molar-refractivity contribution in [1.82, 2.24) is 0 Å². The fourth-order valence-electron chi connectivity index (χ4n) is 3.35. The van der Waals surface area contributed by atoms with Gasteiger partial charge >= 0.3 is 5.97 Å². The molecule has 0 aliphatic carbocycles. The average molecular weight is 338 g/mol. The summed E-state index contributed by atoms with van der Waals surface area (Å²) >= 11 is 0. The number of hydrogen-bond donors (Lipinski definition) is 0. The zero-order valence-corrected chi connectivity index (χ0v) is 14.7. The molecule has 4 heteroatoms. The largest absolute Gasteiger partial charge is 0.497 e. The molecular formula is C21H22O4. The van der Waals surface area contributed by atoms with Crippen LogP contribution in [0.5, 0.6) is 5.75 Å². The second-order valence-electron chi connectivity index (χ2n) is 6.73. The van der Waals surface area contributed by atoms with Crippen molar-refractivity contribution in [2.45, 2.75) is 31.8 Å². The molecule has 1 saturated heterocycles. The highest BCUT2D eigenvalue weighted by molar-refractivity contribution is 6.16. The van der Waals surface area contributed by atoms with Crippen molar-refractivity contribution in [3.63, 3.8) is 0 Å². The third kappa shape index (κ3) is 2.93. The van der Waals surface area contributed by atoms with Gasteiger partial charge in [0.2, 0.25) is 0 Å². The minimum Gasteiger partial charge on any atom is -0.497 e. The minimum absolute atomic E-state index is 0.0626. The molecule has 0 radical (unpaired) electrons. The number of carbonyl (C=O) groups is 2. The standard InChI is InChI=1S/C21H22O4/c1-14(2)18-19(22)21(20(23)25-18,13-15-7-5-4-6-8-15)16-9-11-17(24-3)12-10-16/h4-12,14,18H,13H2,1-3H3/t18-,21+/m0/s1. The molecule has 1 aliphatic rings. The molecule has 1 heterocycles. The number of ether oxygens (including phenoxy) is 2. The lowest BCUT2D eigenvalue weighted by molar-refractivity contribution is -0.147. The Kier molecular flexibility index (Phi) is 4.62. The van der Waals surface area contributed by atoms with Gasteiger partial charge < -0.3 is 9.47 Å². The monoisotopic (exact) mass is 338 g/mol. The van der Waals surface area contributed by atoms with E-state index in [4.69, 9.17) is 9.47 Å². The summed E-state index contributed by atoms with van der Waals surface area (Å²) in [6, 6.07) is 16.7. The summed E-state index contributed by atoms with van der Waals surface area (Å²) in [6.07, 6.45) is -0.417. The molecule has 3 rings (SSSR count). The smallest absolute Gasteiger partial charge is 0.325 e. The van der Waals surface area contributed by atoms with Gasteiger partial charge in [-0.3, -0.25) is 9.59 Å². The predicted octanol–water partition coefficient (Wildman–Crippen LogP) is 3.33. The lowest BCUT2D eigenvalue weighted by atomic mass is 9.71. The fourth-order valence-corrected chi connectivity index (χ4v) is 3.35. The number of carbonyl (C=O) groups excluding carboxylic acids is 2. The summed E-state index contributed by atoms with van der Waals surface area (Å²) in [5.74, 6) is -0.0167. The normalized spacial score (nSPS) is 23.0. The van der Waals surface area contributed by atoms with E-state index in [1.807, 2.05) is 44.2 Å². The molecule has 130 valence electrons. The molecule has 25 heavy (non-hydrogen) atoms. The molecule has 1 fully saturated rings. The van der Waals surface area contributed by atoms with Crippen molar-refractivity contribution in [3.05, 3.63) is 65.7 Å². The Bertz CT molecular complexity index is 764. The summed E-state index contributed by atoms with van der Waals surface area (Å²) < 4.78 is 10.7. The van der Waals surface area contributed by atoms with Crippen LogP contribution in [0.2, 0.25) is 0 Å². The van der Waals surface area contributed by atoms with Crippen molar-refractivity contribution in [1.29, 1.82) is 0 Å². The van der Waals surface area contributed by atoms with Gasteiger partial charge in [0.05, 0.1) is 7.11 Å².